The summed E-state index contributed by atoms with van der Waals surface area (Å²) in [6.45, 7) is 5.89. The van der Waals surface area contributed by atoms with Crippen LogP contribution in [0.3, 0.4) is 0 Å². The van der Waals surface area contributed by atoms with Crippen LogP contribution in [0.15, 0.2) is 22.9 Å². The SMILES string of the molecule is CCCCCCOc1ccsc1CC(=O)Cc1sccc1OCCCCCC. The van der Waals surface area contributed by atoms with Crippen molar-refractivity contribution in [2.24, 2.45) is 0 Å². The number of ether oxygens (including phenoxy) is 2. The highest BCUT2D eigenvalue weighted by Gasteiger charge is 2.15. The minimum Gasteiger partial charge on any atom is -0.492 e. The molecule has 2 heterocycles. The highest BCUT2D eigenvalue weighted by Crippen LogP contribution is 2.29. The van der Waals surface area contributed by atoms with Gasteiger partial charge in [0.05, 0.1) is 23.0 Å². The number of ketones is 1. The van der Waals surface area contributed by atoms with Gasteiger partial charge in [-0.05, 0) is 35.7 Å². The van der Waals surface area contributed by atoms with Gasteiger partial charge in [0.25, 0.3) is 0 Å². The molecule has 0 radical (unpaired) electrons. The molecule has 0 fully saturated rings. The van der Waals surface area contributed by atoms with Crippen LogP contribution in [-0.4, -0.2) is 19.0 Å². The molecule has 0 amide bonds. The molecule has 2 aromatic rings. The first-order valence-electron chi connectivity index (χ1n) is 10.6. The maximum absolute atomic E-state index is 12.6. The third kappa shape index (κ3) is 8.36. The zero-order chi connectivity index (χ0) is 20.0. The Morgan fingerprint density at radius 1 is 0.750 bits per heavy atom. The van der Waals surface area contributed by atoms with E-state index in [1.54, 1.807) is 22.7 Å². The summed E-state index contributed by atoms with van der Waals surface area (Å²) in [4.78, 5) is 14.7. The van der Waals surface area contributed by atoms with Gasteiger partial charge in [0.1, 0.15) is 17.3 Å². The molecular weight excluding hydrogens is 388 g/mol. The molecule has 3 nitrogen and oxygen atoms in total. The lowest BCUT2D eigenvalue weighted by Crippen LogP contribution is -2.07. The molecule has 28 heavy (non-hydrogen) atoms. The second kappa shape index (κ2) is 13.8. The Labute approximate surface area is 178 Å². The summed E-state index contributed by atoms with van der Waals surface area (Å²) in [7, 11) is 0. The molecule has 2 rings (SSSR count). The zero-order valence-corrected chi connectivity index (χ0v) is 19.0. The van der Waals surface area contributed by atoms with E-state index in [1.807, 2.05) is 22.9 Å². The Kier molecular flexibility index (Phi) is 11.3. The van der Waals surface area contributed by atoms with Gasteiger partial charge in [0, 0.05) is 12.8 Å². The highest BCUT2D eigenvalue weighted by atomic mass is 32.1. The standard InChI is InChI=1S/C23H34O3S2/c1-3-5-7-9-13-25-20-11-15-27-22(20)17-19(24)18-23-21(12-16-28-23)26-14-10-8-6-4-2/h11-12,15-16H,3-10,13-14,17-18H2,1-2H3. The number of unbranched alkanes of at least 4 members (excludes halogenated alkanes) is 6. The van der Waals surface area contributed by atoms with E-state index in [4.69, 9.17) is 9.47 Å². The van der Waals surface area contributed by atoms with Crippen molar-refractivity contribution in [1.82, 2.24) is 0 Å². The number of carbonyl (C=O) groups excluding carboxylic acids is 1. The molecule has 0 atom stereocenters. The fourth-order valence-electron chi connectivity index (χ4n) is 3.02. The fraction of sp³-hybridized carbons (Fsp3) is 0.609. The maximum Gasteiger partial charge on any atom is 0.143 e. The van der Waals surface area contributed by atoms with Crippen LogP contribution >= 0.6 is 22.7 Å². The van der Waals surface area contributed by atoms with E-state index in [2.05, 4.69) is 13.8 Å². The van der Waals surface area contributed by atoms with Crippen molar-refractivity contribution in [2.45, 2.75) is 78.1 Å². The molecule has 0 saturated carbocycles. The summed E-state index contributed by atoms with van der Waals surface area (Å²) in [5.74, 6) is 1.98. The van der Waals surface area contributed by atoms with E-state index in [1.165, 1.54) is 38.5 Å². The van der Waals surface area contributed by atoms with Crippen LogP contribution < -0.4 is 9.47 Å². The lowest BCUT2D eigenvalue weighted by atomic mass is 10.1. The monoisotopic (exact) mass is 422 g/mol. The summed E-state index contributed by atoms with van der Waals surface area (Å²) in [6, 6.07) is 3.98. The Morgan fingerprint density at radius 3 is 1.64 bits per heavy atom. The minimum absolute atomic E-state index is 0.219. The van der Waals surface area contributed by atoms with Crippen molar-refractivity contribution < 1.29 is 14.3 Å². The van der Waals surface area contributed by atoms with Crippen molar-refractivity contribution in [3.63, 3.8) is 0 Å². The molecule has 156 valence electrons. The molecule has 0 aliphatic carbocycles. The van der Waals surface area contributed by atoms with Gasteiger partial charge in [-0.1, -0.05) is 52.4 Å². The molecule has 0 unspecified atom stereocenters. The minimum atomic E-state index is 0.219. The third-order valence-electron chi connectivity index (χ3n) is 4.64. The average Bonchev–Trinajstić information content (AvgIpc) is 3.31. The predicted molar refractivity (Wildman–Crippen MR) is 120 cm³/mol. The van der Waals surface area contributed by atoms with Crippen molar-refractivity contribution in [3.8, 4) is 11.5 Å². The van der Waals surface area contributed by atoms with Crippen molar-refractivity contribution in [1.29, 1.82) is 0 Å². The van der Waals surface area contributed by atoms with E-state index in [-0.39, 0.29) is 5.78 Å². The Balaban J connectivity index is 1.77. The maximum atomic E-state index is 12.6. The number of hydrogen-bond donors (Lipinski definition) is 0. The first-order chi connectivity index (χ1) is 13.7. The number of thiophene rings is 2. The Bertz CT molecular complexity index is 619. The van der Waals surface area contributed by atoms with Gasteiger partial charge >= 0.3 is 0 Å². The molecule has 0 aliphatic heterocycles. The van der Waals surface area contributed by atoms with Crippen LogP contribution in [0.4, 0.5) is 0 Å². The molecule has 0 aliphatic rings. The molecule has 5 heteroatoms. The summed E-state index contributed by atoms with van der Waals surface area (Å²) >= 11 is 3.22. The van der Waals surface area contributed by atoms with Crippen molar-refractivity contribution in [3.05, 3.63) is 32.6 Å². The van der Waals surface area contributed by atoms with Gasteiger partial charge < -0.3 is 9.47 Å². The summed E-state index contributed by atoms with van der Waals surface area (Å²) in [5, 5.41) is 4.03. The molecule has 0 bridgehead atoms. The first kappa shape index (κ1) is 23.0. The Hall–Kier alpha value is -1.33. The van der Waals surface area contributed by atoms with Gasteiger partial charge in [-0.25, -0.2) is 0 Å². The molecule has 0 aromatic carbocycles. The molecule has 0 saturated heterocycles. The van der Waals surface area contributed by atoms with E-state index >= 15 is 0 Å². The Morgan fingerprint density at radius 2 is 1.21 bits per heavy atom. The highest BCUT2D eigenvalue weighted by molar-refractivity contribution is 7.10. The number of carbonyl (C=O) groups is 1. The smallest absolute Gasteiger partial charge is 0.143 e. The lowest BCUT2D eigenvalue weighted by Gasteiger charge is -2.08. The van der Waals surface area contributed by atoms with Crippen LogP contribution in [0, 0.1) is 0 Å². The van der Waals surface area contributed by atoms with Crippen LogP contribution in [0.2, 0.25) is 0 Å². The normalized spacial score (nSPS) is 10.9. The number of rotatable bonds is 16. The first-order valence-corrected chi connectivity index (χ1v) is 12.4. The van der Waals surface area contributed by atoms with E-state index < -0.39 is 0 Å². The zero-order valence-electron chi connectivity index (χ0n) is 17.3. The van der Waals surface area contributed by atoms with E-state index in [9.17, 15) is 4.79 Å². The van der Waals surface area contributed by atoms with Crippen LogP contribution in [-0.2, 0) is 17.6 Å². The number of hydrogen-bond acceptors (Lipinski definition) is 5. The molecular formula is C23H34O3S2. The van der Waals surface area contributed by atoms with Gasteiger partial charge in [-0.3, -0.25) is 4.79 Å². The summed E-state index contributed by atoms with van der Waals surface area (Å²) in [5.41, 5.74) is 0. The van der Waals surface area contributed by atoms with Gasteiger partial charge in [-0.15, -0.1) is 22.7 Å². The van der Waals surface area contributed by atoms with Gasteiger partial charge in [0.15, 0.2) is 0 Å². The summed E-state index contributed by atoms with van der Waals surface area (Å²) < 4.78 is 11.8. The van der Waals surface area contributed by atoms with E-state index in [0.717, 1.165) is 47.3 Å². The van der Waals surface area contributed by atoms with Gasteiger partial charge in [-0.2, -0.15) is 0 Å². The topological polar surface area (TPSA) is 35.5 Å². The second-order valence-electron chi connectivity index (χ2n) is 7.13. The van der Waals surface area contributed by atoms with Gasteiger partial charge in [0.2, 0.25) is 0 Å². The largest absolute Gasteiger partial charge is 0.492 e. The molecule has 0 spiro atoms. The average molecular weight is 423 g/mol. The molecule has 0 N–H and O–H groups in total. The quantitative estimate of drug-likeness (QED) is 0.271. The van der Waals surface area contributed by atoms with E-state index in [0.29, 0.717) is 12.8 Å². The molecule has 2 aromatic heterocycles. The lowest BCUT2D eigenvalue weighted by molar-refractivity contribution is -0.117. The summed E-state index contributed by atoms with van der Waals surface area (Å²) in [6.07, 6.45) is 10.4. The fourth-order valence-corrected chi connectivity index (χ4v) is 4.70. The third-order valence-corrected chi connectivity index (χ3v) is 6.44. The predicted octanol–water partition coefficient (Wildman–Crippen LogP) is 7.08. The van der Waals surface area contributed by atoms with Crippen molar-refractivity contribution in [2.75, 3.05) is 13.2 Å². The van der Waals surface area contributed by atoms with Crippen LogP contribution in [0.1, 0.15) is 75.0 Å². The van der Waals surface area contributed by atoms with Crippen LogP contribution in [0.5, 0.6) is 11.5 Å². The van der Waals surface area contributed by atoms with Crippen molar-refractivity contribution >= 4 is 28.5 Å². The second-order valence-corrected chi connectivity index (χ2v) is 9.13. The number of Topliss-reactive ketones (excluding diaryl/α,β-unsaturated/α-hetero) is 1. The van der Waals surface area contributed by atoms with Crippen LogP contribution in [0.25, 0.3) is 0 Å².